The third kappa shape index (κ3) is 5.69. The average molecular weight is 594 g/mol. The molecule has 6 heterocycles. The van der Waals surface area contributed by atoms with Gasteiger partial charge >= 0.3 is 0 Å². The Kier molecular flexibility index (Phi) is 7.83. The van der Waals surface area contributed by atoms with E-state index < -0.39 is 5.82 Å². The van der Waals surface area contributed by atoms with Crippen molar-refractivity contribution in [1.29, 1.82) is 5.26 Å². The van der Waals surface area contributed by atoms with E-state index in [0.29, 0.717) is 43.7 Å². The predicted molar refractivity (Wildman–Crippen MR) is 165 cm³/mol. The SMILES string of the molecule is N#CCC(=O)N1CCC[C@@H](Nc2nc(-c3cnn4ccccc34)nc(N3CCC(CN4Cc5ccccc5C4)CC3)c2F)C1. The summed E-state index contributed by atoms with van der Waals surface area (Å²) in [5.41, 5.74) is 4.41. The highest BCUT2D eigenvalue weighted by molar-refractivity contribution is 5.79. The molecule has 0 aliphatic carbocycles. The van der Waals surface area contributed by atoms with Gasteiger partial charge in [-0.05, 0) is 54.9 Å². The first-order valence-electron chi connectivity index (χ1n) is 15.5. The smallest absolute Gasteiger partial charge is 0.236 e. The number of piperidine rings is 2. The van der Waals surface area contributed by atoms with Crippen LogP contribution in [0.25, 0.3) is 16.9 Å². The fraction of sp³-hybridized carbons (Fsp3) is 0.424. The van der Waals surface area contributed by atoms with Crippen LogP contribution in [0.2, 0.25) is 0 Å². The lowest BCUT2D eigenvalue weighted by Crippen LogP contribution is -2.45. The van der Waals surface area contributed by atoms with E-state index in [2.05, 4.69) is 49.5 Å². The molecule has 2 saturated heterocycles. The number of carbonyl (C=O) groups is 1. The van der Waals surface area contributed by atoms with Gasteiger partial charge in [-0.3, -0.25) is 9.69 Å². The molecule has 1 amide bonds. The van der Waals surface area contributed by atoms with Gasteiger partial charge in [0.15, 0.2) is 17.5 Å². The summed E-state index contributed by atoms with van der Waals surface area (Å²) in [5.74, 6) is 0.719. The van der Waals surface area contributed by atoms with E-state index in [1.165, 1.54) is 11.1 Å². The maximum Gasteiger partial charge on any atom is 0.236 e. The number of nitrogens with one attached hydrogen (secondary N) is 1. The van der Waals surface area contributed by atoms with Crippen LogP contribution in [-0.2, 0) is 17.9 Å². The molecule has 3 aromatic heterocycles. The van der Waals surface area contributed by atoms with Crippen molar-refractivity contribution >= 4 is 23.1 Å². The van der Waals surface area contributed by atoms with Gasteiger partial charge in [0, 0.05) is 58.1 Å². The van der Waals surface area contributed by atoms with Crippen molar-refractivity contribution < 1.29 is 9.18 Å². The van der Waals surface area contributed by atoms with Gasteiger partial charge in [0.1, 0.15) is 6.42 Å². The summed E-state index contributed by atoms with van der Waals surface area (Å²) < 4.78 is 18.1. The molecule has 1 aromatic carbocycles. The van der Waals surface area contributed by atoms with E-state index in [-0.39, 0.29) is 24.2 Å². The number of fused-ring (bicyclic) bond motifs is 2. The summed E-state index contributed by atoms with van der Waals surface area (Å²) in [5, 5.41) is 16.8. The first-order chi connectivity index (χ1) is 21.6. The fourth-order valence-electron chi connectivity index (χ4n) is 6.89. The number of anilines is 2. The summed E-state index contributed by atoms with van der Waals surface area (Å²) in [4.78, 5) is 28.1. The molecule has 0 saturated carbocycles. The lowest BCUT2D eigenvalue weighted by molar-refractivity contribution is -0.131. The number of nitrogens with zero attached hydrogens (tertiary/aromatic N) is 8. The van der Waals surface area contributed by atoms with Crippen molar-refractivity contribution in [2.24, 2.45) is 5.92 Å². The van der Waals surface area contributed by atoms with Gasteiger partial charge in [-0.15, -0.1) is 0 Å². The van der Waals surface area contributed by atoms with Gasteiger partial charge in [-0.1, -0.05) is 30.3 Å². The zero-order valence-corrected chi connectivity index (χ0v) is 24.7. The van der Waals surface area contributed by atoms with Crippen LogP contribution in [0.5, 0.6) is 0 Å². The third-order valence-electron chi connectivity index (χ3n) is 9.18. The minimum atomic E-state index is -0.473. The monoisotopic (exact) mass is 593 g/mol. The number of nitriles is 1. The normalized spacial score (nSPS) is 19.2. The number of likely N-dealkylation sites (tertiary alicyclic amines) is 1. The second-order valence-corrected chi connectivity index (χ2v) is 12.1. The maximum atomic E-state index is 16.3. The standard InChI is InChI=1S/C33H36FN9O/c34-30-32(37-26-8-5-14-42(22-26)29(44)10-13-35)38-31(27-18-36-43-15-4-3-9-28(27)43)39-33(30)41-16-11-23(12-17-41)19-40-20-24-6-1-2-7-25(24)21-40/h1-4,6-7,9,15,18,23,26H,5,8,10-12,14,16-17,19-22H2,(H,37,38,39)/t26-/m1/s1. The van der Waals surface area contributed by atoms with Crippen LogP contribution in [0.4, 0.5) is 16.0 Å². The van der Waals surface area contributed by atoms with Crippen LogP contribution < -0.4 is 10.2 Å². The van der Waals surface area contributed by atoms with Crippen molar-refractivity contribution in [2.75, 3.05) is 42.9 Å². The van der Waals surface area contributed by atoms with Gasteiger partial charge in [-0.2, -0.15) is 14.8 Å². The third-order valence-corrected chi connectivity index (χ3v) is 9.18. The largest absolute Gasteiger partial charge is 0.363 e. The van der Waals surface area contributed by atoms with E-state index in [0.717, 1.165) is 56.4 Å². The molecular weight excluding hydrogens is 557 g/mol. The summed E-state index contributed by atoms with van der Waals surface area (Å²) in [6.07, 6.45) is 6.89. The Balaban J connectivity index is 1.12. The zero-order chi connectivity index (χ0) is 30.0. The number of rotatable bonds is 7. The Hall–Kier alpha value is -4.56. The van der Waals surface area contributed by atoms with E-state index in [4.69, 9.17) is 10.2 Å². The molecule has 11 heteroatoms. The van der Waals surface area contributed by atoms with Crippen LogP contribution in [-0.4, -0.2) is 74.1 Å². The number of benzene rings is 1. The van der Waals surface area contributed by atoms with Crippen LogP contribution in [0.1, 0.15) is 43.2 Å². The Bertz CT molecular complexity index is 1680. The van der Waals surface area contributed by atoms with E-state index >= 15 is 4.39 Å². The number of hydrogen-bond donors (Lipinski definition) is 1. The maximum absolute atomic E-state index is 16.3. The summed E-state index contributed by atoms with van der Waals surface area (Å²) in [6, 6.07) is 16.2. The van der Waals surface area contributed by atoms with Gasteiger partial charge in [0.25, 0.3) is 0 Å². The second kappa shape index (κ2) is 12.2. The van der Waals surface area contributed by atoms with Gasteiger partial charge in [-0.25, -0.2) is 14.5 Å². The van der Waals surface area contributed by atoms with Crippen molar-refractivity contribution in [1.82, 2.24) is 29.4 Å². The molecule has 4 aromatic rings. The molecule has 1 N–H and O–H groups in total. The molecule has 0 radical (unpaired) electrons. The van der Waals surface area contributed by atoms with Gasteiger partial charge < -0.3 is 15.1 Å². The molecule has 2 fully saturated rings. The fourth-order valence-corrected chi connectivity index (χ4v) is 6.89. The summed E-state index contributed by atoms with van der Waals surface area (Å²) >= 11 is 0. The van der Waals surface area contributed by atoms with Crippen LogP contribution in [0.3, 0.4) is 0 Å². The van der Waals surface area contributed by atoms with Crippen molar-refractivity contribution in [3.05, 3.63) is 71.8 Å². The molecule has 0 unspecified atom stereocenters. The number of hydrogen-bond acceptors (Lipinski definition) is 8. The van der Waals surface area contributed by atoms with Crippen molar-refractivity contribution in [3.63, 3.8) is 0 Å². The van der Waals surface area contributed by atoms with E-state index in [1.54, 1.807) is 15.6 Å². The second-order valence-electron chi connectivity index (χ2n) is 12.1. The number of amides is 1. The lowest BCUT2D eigenvalue weighted by Gasteiger charge is -2.35. The molecule has 1 atom stereocenters. The molecule has 0 spiro atoms. The molecule has 3 aliphatic heterocycles. The van der Waals surface area contributed by atoms with Crippen molar-refractivity contribution in [3.8, 4) is 17.5 Å². The van der Waals surface area contributed by atoms with Crippen LogP contribution >= 0.6 is 0 Å². The highest BCUT2D eigenvalue weighted by Gasteiger charge is 2.30. The molecule has 44 heavy (non-hydrogen) atoms. The highest BCUT2D eigenvalue weighted by Crippen LogP contribution is 2.33. The highest BCUT2D eigenvalue weighted by atomic mass is 19.1. The minimum Gasteiger partial charge on any atom is -0.363 e. The first-order valence-corrected chi connectivity index (χ1v) is 15.5. The molecule has 226 valence electrons. The molecular formula is C33H36FN9O. The number of halogens is 1. The lowest BCUT2D eigenvalue weighted by atomic mass is 9.96. The molecule has 0 bridgehead atoms. The molecule has 10 nitrogen and oxygen atoms in total. The quantitative estimate of drug-likeness (QED) is 0.335. The minimum absolute atomic E-state index is 0.136. The van der Waals surface area contributed by atoms with Gasteiger partial charge in [0.2, 0.25) is 11.7 Å². The Morgan fingerprint density at radius 1 is 1.02 bits per heavy atom. The van der Waals surface area contributed by atoms with Crippen LogP contribution in [0.15, 0.2) is 54.9 Å². The summed E-state index contributed by atoms with van der Waals surface area (Å²) in [7, 11) is 0. The predicted octanol–water partition coefficient (Wildman–Crippen LogP) is 4.48. The zero-order valence-electron chi connectivity index (χ0n) is 24.7. The topological polar surface area (TPSA) is 106 Å². The number of aromatic nitrogens is 4. The number of pyridine rings is 1. The molecule has 7 rings (SSSR count). The average Bonchev–Trinajstić information content (AvgIpc) is 3.67. The van der Waals surface area contributed by atoms with Crippen LogP contribution in [0, 0.1) is 23.1 Å². The Labute approximate surface area is 256 Å². The van der Waals surface area contributed by atoms with Crippen molar-refractivity contribution in [2.45, 2.75) is 51.2 Å². The summed E-state index contributed by atoms with van der Waals surface area (Å²) in [6.45, 7) is 5.46. The number of carbonyl (C=O) groups excluding carboxylic acids is 1. The van der Waals surface area contributed by atoms with E-state index in [9.17, 15) is 4.79 Å². The first kappa shape index (κ1) is 28.2. The van der Waals surface area contributed by atoms with E-state index in [1.807, 2.05) is 30.5 Å². The Morgan fingerprint density at radius 2 is 1.80 bits per heavy atom. The van der Waals surface area contributed by atoms with Gasteiger partial charge in [0.05, 0.1) is 23.3 Å². The Morgan fingerprint density at radius 3 is 2.57 bits per heavy atom. The molecule has 3 aliphatic rings.